The molecule has 0 atom stereocenters. The summed E-state index contributed by atoms with van der Waals surface area (Å²) in [6.07, 6.45) is 2.03. The molecule has 2 heterocycles. The van der Waals surface area contributed by atoms with Gasteiger partial charge in [-0.3, -0.25) is 9.25 Å². The van der Waals surface area contributed by atoms with Crippen molar-refractivity contribution >= 4 is 23.4 Å². The molecule has 0 aromatic carbocycles. The van der Waals surface area contributed by atoms with E-state index < -0.39 is 0 Å². The highest BCUT2D eigenvalue weighted by Gasteiger charge is 2.22. The van der Waals surface area contributed by atoms with Crippen molar-refractivity contribution in [1.82, 2.24) is 19.3 Å². The van der Waals surface area contributed by atoms with Gasteiger partial charge in [-0.2, -0.15) is 5.10 Å². The van der Waals surface area contributed by atoms with Crippen LogP contribution in [0.25, 0.3) is 11.2 Å². The van der Waals surface area contributed by atoms with Crippen LogP contribution in [0, 0.1) is 4.77 Å². The van der Waals surface area contributed by atoms with E-state index in [0.29, 0.717) is 6.54 Å². The van der Waals surface area contributed by atoms with Gasteiger partial charge in [0.2, 0.25) is 0 Å². The van der Waals surface area contributed by atoms with Crippen molar-refractivity contribution in [3.63, 3.8) is 0 Å². The Morgan fingerprint density at radius 1 is 1.42 bits per heavy atom. The molecule has 0 amide bonds. The molecule has 0 fully saturated rings. The number of nitrogens with zero attached hydrogens (tertiary/aromatic N) is 3. The summed E-state index contributed by atoms with van der Waals surface area (Å²) in [5.74, 6) is 0. The second-order valence-corrected chi connectivity index (χ2v) is 5.89. The summed E-state index contributed by atoms with van der Waals surface area (Å²) in [6, 6.07) is 0. The number of H-pyrrole nitrogens is 1. The van der Waals surface area contributed by atoms with E-state index in [9.17, 15) is 0 Å². The zero-order chi connectivity index (χ0) is 14.2. The molecule has 6 heteroatoms. The molecule has 0 aliphatic rings. The lowest BCUT2D eigenvalue weighted by Crippen LogP contribution is -2.29. The molecule has 2 aromatic heterocycles. The summed E-state index contributed by atoms with van der Waals surface area (Å²) in [7, 11) is 3.68. The first kappa shape index (κ1) is 14.3. The molecule has 0 aliphatic heterocycles. The first-order valence-corrected chi connectivity index (χ1v) is 7.00. The van der Waals surface area contributed by atoms with Gasteiger partial charge < -0.3 is 9.72 Å². The van der Waals surface area contributed by atoms with Crippen LogP contribution in [0.15, 0.2) is 0 Å². The third-order valence-corrected chi connectivity index (χ3v) is 3.72. The van der Waals surface area contributed by atoms with Crippen LogP contribution in [0.2, 0.25) is 0 Å². The molecule has 0 aliphatic carbocycles. The minimum atomic E-state index is -0.261. The quantitative estimate of drug-likeness (QED) is 0.858. The van der Waals surface area contributed by atoms with Crippen LogP contribution in [0.4, 0.5) is 0 Å². The molecule has 0 bridgehead atoms. The van der Waals surface area contributed by atoms with Gasteiger partial charge in [0, 0.05) is 14.2 Å². The van der Waals surface area contributed by atoms with Crippen LogP contribution in [-0.2, 0) is 24.8 Å². The van der Waals surface area contributed by atoms with Crippen molar-refractivity contribution in [2.24, 2.45) is 7.05 Å². The average molecular weight is 282 g/mol. The molecule has 1 N–H and O–H groups in total. The fraction of sp³-hybridized carbons (Fsp3) is 0.692. The molecule has 2 aromatic rings. The first-order chi connectivity index (χ1) is 8.89. The van der Waals surface area contributed by atoms with Gasteiger partial charge in [0.1, 0.15) is 5.52 Å². The van der Waals surface area contributed by atoms with Gasteiger partial charge in [0.25, 0.3) is 0 Å². The molecule has 19 heavy (non-hydrogen) atoms. The van der Waals surface area contributed by atoms with Crippen LogP contribution in [0.3, 0.4) is 0 Å². The highest BCUT2D eigenvalue weighted by Crippen LogP contribution is 2.22. The lowest BCUT2D eigenvalue weighted by atomic mass is 10.1. The van der Waals surface area contributed by atoms with E-state index in [-0.39, 0.29) is 5.60 Å². The Morgan fingerprint density at radius 3 is 2.68 bits per heavy atom. The van der Waals surface area contributed by atoms with E-state index in [2.05, 4.69) is 35.4 Å². The second-order valence-electron chi connectivity index (χ2n) is 5.50. The molecule has 2 rings (SSSR count). The Kier molecular flexibility index (Phi) is 3.82. The summed E-state index contributed by atoms with van der Waals surface area (Å²) >= 11 is 5.44. The van der Waals surface area contributed by atoms with Gasteiger partial charge in [-0.05, 0) is 32.5 Å². The molecule has 0 saturated carbocycles. The van der Waals surface area contributed by atoms with Crippen molar-refractivity contribution in [3.8, 4) is 0 Å². The van der Waals surface area contributed by atoms with Crippen LogP contribution in [0.5, 0.6) is 0 Å². The number of hydrogen-bond donors (Lipinski definition) is 1. The molecule has 5 nitrogen and oxygen atoms in total. The molecule has 0 radical (unpaired) electrons. The second kappa shape index (κ2) is 5.09. The largest absolute Gasteiger partial charge is 0.377 e. The Balaban J connectivity index is 2.56. The van der Waals surface area contributed by atoms with Gasteiger partial charge in [-0.25, -0.2) is 0 Å². The molecular formula is C13H22N4OS. The van der Waals surface area contributed by atoms with Crippen molar-refractivity contribution < 1.29 is 4.74 Å². The monoisotopic (exact) mass is 282 g/mol. The van der Waals surface area contributed by atoms with E-state index in [1.807, 2.05) is 11.7 Å². The topological polar surface area (TPSA) is 47.8 Å². The zero-order valence-corrected chi connectivity index (χ0v) is 13.1. The van der Waals surface area contributed by atoms with Gasteiger partial charge in [0.05, 0.1) is 17.8 Å². The predicted molar refractivity (Wildman–Crippen MR) is 79.0 cm³/mol. The molecular weight excluding hydrogens is 260 g/mol. The number of hydrogen-bond acceptors (Lipinski definition) is 3. The van der Waals surface area contributed by atoms with E-state index in [4.69, 9.17) is 17.0 Å². The molecule has 0 saturated heterocycles. The first-order valence-electron chi connectivity index (χ1n) is 6.59. The van der Waals surface area contributed by atoms with Gasteiger partial charge >= 0.3 is 0 Å². The molecule has 106 valence electrons. The maximum Gasteiger partial charge on any atom is 0.179 e. The average Bonchev–Trinajstić information content (AvgIpc) is 2.80. The lowest BCUT2D eigenvalue weighted by Gasteiger charge is -2.23. The highest BCUT2D eigenvalue weighted by atomic mass is 32.1. The summed E-state index contributed by atoms with van der Waals surface area (Å²) in [5, 5.41) is 4.57. The summed E-state index contributed by atoms with van der Waals surface area (Å²) in [6.45, 7) is 6.96. The number of nitrogens with one attached hydrogen (secondary N) is 1. The number of aryl methyl sites for hydroxylation is 2. The zero-order valence-electron chi connectivity index (χ0n) is 12.3. The van der Waals surface area contributed by atoms with Crippen LogP contribution < -0.4 is 0 Å². The van der Waals surface area contributed by atoms with Crippen LogP contribution in [-0.4, -0.2) is 32.0 Å². The van der Waals surface area contributed by atoms with E-state index in [1.165, 1.54) is 0 Å². The van der Waals surface area contributed by atoms with Crippen LogP contribution in [0.1, 0.15) is 32.9 Å². The fourth-order valence-corrected chi connectivity index (χ4v) is 2.53. The minimum absolute atomic E-state index is 0.261. The van der Waals surface area contributed by atoms with E-state index in [1.54, 1.807) is 7.11 Å². The standard InChI is InChI=1S/C13H22N4OS/c1-6-7-9-10-11(16(4)15-9)17(12(19)14-10)8-13(2,3)18-5/h6-8H2,1-5H3,(H,14,19). The number of ether oxygens (including phenoxy) is 1. The smallest absolute Gasteiger partial charge is 0.179 e. The van der Waals surface area contributed by atoms with Crippen LogP contribution >= 0.6 is 12.2 Å². The minimum Gasteiger partial charge on any atom is -0.377 e. The molecule has 0 spiro atoms. The summed E-state index contributed by atoms with van der Waals surface area (Å²) in [4.78, 5) is 3.29. The van der Waals surface area contributed by atoms with Crippen molar-refractivity contribution in [2.75, 3.05) is 7.11 Å². The summed E-state index contributed by atoms with van der Waals surface area (Å²) in [5.41, 5.74) is 2.92. The Hall–Kier alpha value is -1.14. The number of aromatic amines is 1. The number of fused-ring (bicyclic) bond motifs is 1. The Labute approximate surface area is 118 Å². The maximum atomic E-state index is 5.50. The predicted octanol–water partition coefficient (Wildman–Crippen LogP) is 2.81. The fourth-order valence-electron chi connectivity index (χ4n) is 2.28. The number of methoxy groups -OCH3 is 1. The number of aromatic nitrogens is 4. The Bertz CT molecular complexity index is 635. The normalized spacial score (nSPS) is 12.5. The molecule has 0 unspecified atom stereocenters. The van der Waals surface area contributed by atoms with E-state index >= 15 is 0 Å². The van der Waals surface area contributed by atoms with Gasteiger partial charge in [-0.15, -0.1) is 0 Å². The van der Waals surface area contributed by atoms with Crippen molar-refractivity contribution in [1.29, 1.82) is 0 Å². The SMILES string of the molecule is CCCc1nn(C)c2c1[nH]c(=S)n2CC(C)(C)OC. The lowest BCUT2D eigenvalue weighted by molar-refractivity contribution is 0.00851. The number of imidazole rings is 1. The van der Waals surface area contributed by atoms with Crippen molar-refractivity contribution in [3.05, 3.63) is 10.5 Å². The third-order valence-electron chi connectivity index (χ3n) is 3.40. The number of rotatable bonds is 5. The summed E-state index contributed by atoms with van der Waals surface area (Å²) < 4.78 is 10.2. The highest BCUT2D eigenvalue weighted by molar-refractivity contribution is 7.71. The van der Waals surface area contributed by atoms with E-state index in [0.717, 1.165) is 34.5 Å². The Morgan fingerprint density at radius 2 is 2.11 bits per heavy atom. The maximum absolute atomic E-state index is 5.50. The van der Waals surface area contributed by atoms with Crippen molar-refractivity contribution in [2.45, 2.75) is 45.8 Å². The van der Waals surface area contributed by atoms with Gasteiger partial charge in [-0.1, -0.05) is 13.3 Å². The third kappa shape index (κ3) is 2.60. The van der Waals surface area contributed by atoms with Gasteiger partial charge in [0.15, 0.2) is 10.4 Å².